The van der Waals surface area contributed by atoms with Crippen LogP contribution in [-0.2, 0) is 6.54 Å². The molecule has 0 amide bonds. The molecule has 0 aromatic heterocycles. The summed E-state index contributed by atoms with van der Waals surface area (Å²) in [6.07, 6.45) is -0.477. The maximum absolute atomic E-state index is 9.33. The van der Waals surface area contributed by atoms with Crippen LogP contribution in [-0.4, -0.2) is 31.4 Å². The summed E-state index contributed by atoms with van der Waals surface area (Å²) in [5.41, 5.74) is 8.93. The number of ether oxygens (including phenoxy) is 1. The summed E-state index contributed by atoms with van der Waals surface area (Å²) in [5.74, 6) is 0.910. The number of rotatable bonds is 6. The molecular formula is C13H22N2O2. The zero-order valence-corrected chi connectivity index (χ0v) is 10.8. The van der Waals surface area contributed by atoms with Crippen molar-refractivity contribution in [2.75, 3.05) is 20.2 Å². The molecule has 0 aliphatic rings. The Hall–Kier alpha value is -1.10. The van der Waals surface area contributed by atoms with Gasteiger partial charge in [-0.15, -0.1) is 0 Å². The van der Waals surface area contributed by atoms with Gasteiger partial charge in [0.2, 0.25) is 0 Å². The molecule has 4 N–H and O–H groups in total. The number of methoxy groups -OCH3 is 1. The van der Waals surface area contributed by atoms with Crippen molar-refractivity contribution in [2.24, 2.45) is 5.73 Å². The maximum atomic E-state index is 9.33. The van der Waals surface area contributed by atoms with Gasteiger partial charge in [0.1, 0.15) is 5.75 Å². The van der Waals surface area contributed by atoms with Gasteiger partial charge >= 0.3 is 0 Å². The number of aliphatic hydroxyl groups excluding tert-OH is 1. The molecule has 0 aliphatic heterocycles. The van der Waals surface area contributed by atoms with Gasteiger partial charge in [-0.25, -0.2) is 0 Å². The zero-order valence-electron chi connectivity index (χ0n) is 10.8. The molecule has 0 radical (unpaired) electrons. The summed E-state index contributed by atoms with van der Waals surface area (Å²) in [4.78, 5) is 0. The van der Waals surface area contributed by atoms with Gasteiger partial charge in [-0.2, -0.15) is 0 Å². The van der Waals surface area contributed by atoms with Crippen molar-refractivity contribution >= 4 is 0 Å². The molecule has 1 rings (SSSR count). The van der Waals surface area contributed by atoms with E-state index < -0.39 is 6.10 Å². The molecule has 1 aromatic rings. The largest absolute Gasteiger partial charge is 0.496 e. The highest BCUT2D eigenvalue weighted by atomic mass is 16.5. The summed E-state index contributed by atoms with van der Waals surface area (Å²) in [6.45, 7) is 5.66. The molecule has 1 unspecified atom stereocenters. The standard InChI is InChI=1S/C13H22N2O2/c1-9-10(2)13(17-3)5-4-11(9)7-15-8-12(16)6-14/h4-5,12,15-16H,6-8,14H2,1-3H3. The van der Waals surface area contributed by atoms with E-state index in [1.54, 1.807) is 7.11 Å². The van der Waals surface area contributed by atoms with Crippen molar-refractivity contribution in [1.29, 1.82) is 0 Å². The Balaban J connectivity index is 2.63. The molecule has 0 aliphatic carbocycles. The lowest BCUT2D eigenvalue weighted by Gasteiger charge is -2.14. The number of aliphatic hydroxyl groups is 1. The highest BCUT2D eigenvalue weighted by molar-refractivity contribution is 5.43. The first-order valence-electron chi connectivity index (χ1n) is 5.82. The van der Waals surface area contributed by atoms with Crippen molar-refractivity contribution in [2.45, 2.75) is 26.5 Å². The number of nitrogens with one attached hydrogen (secondary N) is 1. The third-order valence-corrected chi connectivity index (χ3v) is 3.04. The second-order valence-electron chi connectivity index (χ2n) is 4.20. The monoisotopic (exact) mass is 238 g/mol. The van der Waals surface area contributed by atoms with Crippen LogP contribution in [0.3, 0.4) is 0 Å². The molecule has 1 atom stereocenters. The normalized spacial score (nSPS) is 12.5. The van der Waals surface area contributed by atoms with E-state index in [9.17, 15) is 5.11 Å². The topological polar surface area (TPSA) is 67.5 Å². The lowest BCUT2D eigenvalue weighted by Crippen LogP contribution is -2.32. The van der Waals surface area contributed by atoms with Crippen LogP contribution in [0.4, 0.5) is 0 Å². The average Bonchev–Trinajstić information content (AvgIpc) is 2.34. The first-order valence-corrected chi connectivity index (χ1v) is 5.82. The highest BCUT2D eigenvalue weighted by Gasteiger charge is 2.07. The van der Waals surface area contributed by atoms with Gasteiger partial charge in [-0.1, -0.05) is 6.07 Å². The van der Waals surface area contributed by atoms with Crippen molar-refractivity contribution in [1.82, 2.24) is 5.32 Å². The minimum absolute atomic E-state index is 0.285. The Morgan fingerprint density at radius 1 is 1.35 bits per heavy atom. The van der Waals surface area contributed by atoms with Gasteiger partial charge in [0, 0.05) is 19.6 Å². The predicted octanol–water partition coefficient (Wildman–Crippen LogP) is 0.721. The predicted molar refractivity (Wildman–Crippen MR) is 69.2 cm³/mol. The fourth-order valence-corrected chi connectivity index (χ4v) is 1.72. The molecule has 17 heavy (non-hydrogen) atoms. The summed E-state index contributed by atoms with van der Waals surface area (Å²) in [5, 5.41) is 12.5. The zero-order chi connectivity index (χ0) is 12.8. The van der Waals surface area contributed by atoms with E-state index in [0.29, 0.717) is 6.54 Å². The lowest BCUT2D eigenvalue weighted by atomic mass is 10.0. The molecular weight excluding hydrogens is 216 g/mol. The number of hydrogen-bond donors (Lipinski definition) is 3. The second kappa shape index (κ2) is 6.59. The van der Waals surface area contributed by atoms with E-state index in [4.69, 9.17) is 10.5 Å². The summed E-state index contributed by atoms with van der Waals surface area (Å²) >= 11 is 0. The van der Waals surface area contributed by atoms with E-state index in [-0.39, 0.29) is 6.54 Å². The minimum atomic E-state index is -0.477. The van der Waals surface area contributed by atoms with Crippen LogP contribution in [0.2, 0.25) is 0 Å². The summed E-state index contributed by atoms with van der Waals surface area (Å²) in [7, 11) is 1.68. The average molecular weight is 238 g/mol. The fraction of sp³-hybridized carbons (Fsp3) is 0.538. The van der Waals surface area contributed by atoms with E-state index in [1.807, 2.05) is 19.1 Å². The summed E-state index contributed by atoms with van der Waals surface area (Å²) < 4.78 is 5.26. The van der Waals surface area contributed by atoms with Gasteiger partial charge in [-0.3, -0.25) is 0 Å². The Labute approximate surface area is 103 Å². The number of nitrogens with two attached hydrogens (primary N) is 1. The molecule has 0 fully saturated rings. The number of hydrogen-bond acceptors (Lipinski definition) is 4. The van der Waals surface area contributed by atoms with Crippen LogP contribution in [0.1, 0.15) is 16.7 Å². The van der Waals surface area contributed by atoms with E-state index >= 15 is 0 Å². The Bertz CT molecular complexity index is 367. The smallest absolute Gasteiger partial charge is 0.122 e. The van der Waals surface area contributed by atoms with Gasteiger partial charge in [0.25, 0.3) is 0 Å². The fourth-order valence-electron chi connectivity index (χ4n) is 1.72. The maximum Gasteiger partial charge on any atom is 0.122 e. The molecule has 0 spiro atoms. The van der Waals surface area contributed by atoms with Gasteiger partial charge in [0.05, 0.1) is 13.2 Å². The second-order valence-corrected chi connectivity index (χ2v) is 4.20. The Morgan fingerprint density at radius 2 is 2.06 bits per heavy atom. The SMILES string of the molecule is COc1ccc(CNCC(O)CN)c(C)c1C. The van der Waals surface area contributed by atoms with Crippen LogP contribution in [0.15, 0.2) is 12.1 Å². The molecule has 0 saturated heterocycles. The third kappa shape index (κ3) is 3.70. The van der Waals surface area contributed by atoms with E-state index in [1.165, 1.54) is 11.1 Å². The van der Waals surface area contributed by atoms with Crippen LogP contribution in [0.25, 0.3) is 0 Å². The molecule has 4 heteroatoms. The first kappa shape index (κ1) is 14.0. The molecule has 4 nitrogen and oxygen atoms in total. The minimum Gasteiger partial charge on any atom is -0.496 e. The van der Waals surface area contributed by atoms with Gasteiger partial charge < -0.3 is 20.9 Å². The van der Waals surface area contributed by atoms with Gasteiger partial charge in [-0.05, 0) is 36.6 Å². The van der Waals surface area contributed by atoms with Crippen LogP contribution in [0.5, 0.6) is 5.75 Å². The number of benzene rings is 1. The molecule has 0 bridgehead atoms. The molecule has 1 aromatic carbocycles. The van der Waals surface area contributed by atoms with Crippen LogP contribution >= 0.6 is 0 Å². The van der Waals surface area contributed by atoms with E-state index in [2.05, 4.69) is 12.2 Å². The molecule has 0 saturated carbocycles. The van der Waals surface area contributed by atoms with Crippen molar-refractivity contribution in [3.63, 3.8) is 0 Å². The van der Waals surface area contributed by atoms with Gasteiger partial charge in [0.15, 0.2) is 0 Å². The Morgan fingerprint density at radius 3 is 2.65 bits per heavy atom. The molecule has 96 valence electrons. The van der Waals surface area contributed by atoms with Crippen molar-refractivity contribution in [3.8, 4) is 5.75 Å². The quantitative estimate of drug-likeness (QED) is 0.683. The van der Waals surface area contributed by atoms with Crippen molar-refractivity contribution in [3.05, 3.63) is 28.8 Å². The lowest BCUT2D eigenvalue weighted by molar-refractivity contribution is 0.179. The van der Waals surface area contributed by atoms with E-state index in [0.717, 1.165) is 17.9 Å². The highest BCUT2D eigenvalue weighted by Crippen LogP contribution is 2.23. The van der Waals surface area contributed by atoms with Crippen molar-refractivity contribution < 1.29 is 9.84 Å². The first-order chi connectivity index (χ1) is 8.10. The third-order valence-electron chi connectivity index (χ3n) is 3.04. The van der Waals surface area contributed by atoms with Crippen LogP contribution < -0.4 is 15.8 Å². The van der Waals surface area contributed by atoms with Crippen LogP contribution in [0, 0.1) is 13.8 Å². The molecule has 0 heterocycles. The summed E-state index contributed by atoms with van der Waals surface area (Å²) in [6, 6.07) is 4.02. The Kier molecular flexibility index (Phi) is 5.41.